The lowest BCUT2D eigenvalue weighted by atomic mass is 9.89. The van der Waals surface area contributed by atoms with E-state index >= 15 is 0 Å². The predicted molar refractivity (Wildman–Crippen MR) is 104 cm³/mol. The van der Waals surface area contributed by atoms with Crippen molar-refractivity contribution >= 4 is 33.5 Å². The molecule has 0 heterocycles. The van der Waals surface area contributed by atoms with Crippen molar-refractivity contribution in [2.45, 2.75) is 0 Å². The fourth-order valence-corrected chi connectivity index (χ4v) is 3.51. The molecule has 0 aromatic heterocycles. The SMILES string of the molecule is O=C(O)c1cc2ccccc2c(-c2c(O)c(C(=O)O)cc3ccccc23)c1O. The fourth-order valence-electron chi connectivity index (χ4n) is 3.51. The standard InChI is InChI=1S/C22H14O6/c23-19-15(21(25)26)9-11-5-1-3-7-13(11)17(19)18-14-8-4-2-6-12(14)10-16(20(18)24)22(27)28/h1-10,23-24H,(H,25,26)(H,27,28). The lowest BCUT2D eigenvalue weighted by Gasteiger charge is -2.17. The molecule has 4 aromatic rings. The summed E-state index contributed by atoms with van der Waals surface area (Å²) in [5.41, 5.74) is -0.518. The number of carboxylic acid groups (broad SMARTS) is 2. The quantitative estimate of drug-likeness (QED) is 0.421. The second kappa shape index (κ2) is 6.28. The molecule has 0 fully saturated rings. The molecule has 4 aromatic carbocycles. The van der Waals surface area contributed by atoms with Crippen LogP contribution in [-0.2, 0) is 0 Å². The summed E-state index contributed by atoms with van der Waals surface area (Å²) in [6, 6.07) is 16.3. The molecule has 6 heteroatoms. The molecule has 0 aliphatic heterocycles. The number of rotatable bonds is 3. The summed E-state index contributed by atoms with van der Waals surface area (Å²) in [5, 5.41) is 42.6. The molecule has 0 aliphatic carbocycles. The minimum Gasteiger partial charge on any atom is -0.506 e. The van der Waals surface area contributed by atoms with Crippen LogP contribution in [0, 0.1) is 0 Å². The van der Waals surface area contributed by atoms with Gasteiger partial charge in [-0.1, -0.05) is 48.5 Å². The maximum Gasteiger partial charge on any atom is 0.339 e. The van der Waals surface area contributed by atoms with Crippen molar-refractivity contribution < 1.29 is 30.0 Å². The van der Waals surface area contributed by atoms with Gasteiger partial charge in [-0.15, -0.1) is 0 Å². The number of carboxylic acids is 2. The smallest absolute Gasteiger partial charge is 0.339 e. The third kappa shape index (κ3) is 2.51. The van der Waals surface area contributed by atoms with E-state index in [1.807, 2.05) is 0 Å². The van der Waals surface area contributed by atoms with Crippen molar-refractivity contribution in [3.8, 4) is 22.6 Å². The van der Waals surface area contributed by atoms with Crippen LogP contribution in [0.2, 0.25) is 0 Å². The Morgan fingerprint density at radius 1 is 0.607 bits per heavy atom. The molecule has 0 unspecified atom stereocenters. The second-order valence-corrected chi connectivity index (χ2v) is 6.35. The lowest BCUT2D eigenvalue weighted by Crippen LogP contribution is -2.01. The number of hydrogen-bond donors (Lipinski definition) is 4. The number of aromatic carboxylic acids is 2. The highest BCUT2D eigenvalue weighted by molar-refractivity contribution is 6.15. The number of carbonyl (C=O) groups is 2. The van der Waals surface area contributed by atoms with Gasteiger partial charge in [0.2, 0.25) is 0 Å². The van der Waals surface area contributed by atoms with Crippen LogP contribution < -0.4 is 0 Å². The van der Waals surface area contributed by atoms with Crippen molar-refractivity contribution in [3.05, 3.63) is 71.8 Å². The van der Waals surface area contributed by atoms with Crippen LogP contribution in [0.5, 0.6) is 11.5 Å². The minimum atomic E-state index is -1.33. The van der Waals surface area contributed by atoms with Gasteiger partial charge in [-0.25, -0.2) is 9.59 Å². The van der Waals surface area contributed by atoms with Crippen LogP contribution >= 0.6 is 0 Å². The maximum absolute atomic E-state index is 11.7. The molecule has 0 spiro atoms. The van der Waals surface area contributed by atoms with Crippen LogP contribution in [0.1, 0.15) is 20.7 Å². The molecule has 4 N–H and O–H groups in total. The summed E-state index contributed by atoms with van der Waals surface area (Å²) in [6.45, 7) is 0. The van der Waals surface area contributed by atoms with Gasteiger partial charge in [0.05, 0.1) is 0 Å². The zero-order valence-electron chi connectivity index (χ0n) is 14.4. The second-order valence-electron chi connectivity index (χ2n) is 6.35. The van der Waals surface area contributed by atoms with Gasteiger partial charge in [-0.3, -0.25) is 0 Å². The Balaban J connectivity index is 2.28. The summed E-state index contributed by atoms with van der Waals surface area (Å²) in [4.78, 5) is 23.3. The fraction of sp³-hybridized carbons (Fsp3) is 0. The molecule has 138 valence electrons. The number of fused-ring (bicyclic) bond motifs is 2. The first-order chi connectivity index (χ1) is 13.4. The normalized spacial score (nSPS) is 11.0. The van der Waals surface area contributed by atoms with E-state index in [-0.39, 0.29) is 22.3 Å². The predicted octanol–water partition coefficient (Wildman–Crippen LogP) is 4.47. The van der Waals surface area contributed by atoms with Crippen LogP contribution in [0.15, 0.2) is 60.7 Å². The Kier molecular flexibility index (Phi) is 3.89. The average Bonchev–Trinajstić information content (AvgIpc) is 2.67. The molecule has 28 heavy (non-hydrogen) atoms. The highest BCUT2D eigenvalue weighted by Gasteiger charge is 2.25. The molecule has 0 saturated carbocycles. The van der Waals surface area contributed by atoms with E-state index in [0.717, 1.165) is 0 Å². The van der Waals surface area contributed by atoms with Gasteiger partial charge in [0.15, 0.2) is 0 Å². The molecule has 4 rings (SSSR count). The number of phenols is 2. The zero-order valence-corrected chi connectivity index (χ0v) is 14.4. The van der Waals surface area contributed by atoms with E-state index in [9.17, 15) is 30.0 Å². The van der Waals surface area contributed by atoms with Crippen molar-refractivity contribution in [1.82, 2.24) is 0 Å². The average molecular weight is 374 g/mol. The summed E-state index contributed by atoms with van der Waals surface area (Å²) < 4.78 is 0. The van der Waals surface area contributed by atoms with Gasteiger partial charge in [0.25, 0.3) is 0 Å². The summed E-state index contributed by atoms with van der Waals surface area (Å²) in [5.74, 6) is -3.73. The molecular weight excluding hydrogens is 360 g/mol. The highest BCUT2D eigenvalue weighted by Crippen LogP contribution is 2.47. The van der Waals surface area contributed by atoms with Gasteiger partial charge in [-0.2, -0.15) is 0 Å². The molecule has 0 bridgehead atoms. The van der Waals surface area contributed by atoms with Gasteiger partial charge in [0.1, 0.15) is 22.6 Å². The van der Waals surface area contributed by atoms with Crippen molar-refractivity contribution in [1.29, 1.82) is 0 Å². The number of benzene rings is 4. The van der Waals surface area contributed by atoms with Crippen molar-refractivity contribution in [2.75, 3.05) is 0 Å². The Hall–Kier alpha value is -4.06. The summed E-state index contributed by atoms with van der Waals surface area (Å²) in [6.07, 6.45) is 0. The zero-order chi connectivity index (χ0) is 20.0. The Morgan fingerprint density at radius 3 is 1.32 bits per heavy atom. The monoisotopic (exact) mass is 374 g/mol. The summed E-state index contributed by atoms with van der Waals surface area (Å²) in [7, 11) is 0. The topological polar surface area (TPSA) is 115 Å². The Morgan fingerprint density at radius 2 is 0.964 bits per heavy atom. The number of hydrogen-bond acceptors (Lipinski definition) is 4. The Labute approximate surface area is 158 Å². The van der Waals surface area contributed by atoms with Crippen LogP contribution in [0.4, 0.5) is 0 Å². The Bertz CT molecular complexity index is 1190. The van der Waals surface area contributed by atoms with Crippen LogP contribution in [-0.4, -0.2) is 32.4 Å². The third-order valence-corrected chi connectivity index (χ3v) is 4.75. The van der Waals surface area contributed by atoms with E-state index in [2.05, 4.69) is 0 Å². The number of aromatic hydroxyl groups is 2. The molecule has 0 amide bonds. The largest absolute Gasteiger partial charge is 0.506 e. The highest BCUT2D eigenvalue weighted by atomic mass is 16.4. The first-order valence-corrected chi connectivity index (χ1v) is 8.36. The van der Waals surface area contributed by atoms with E-state index in [4.69, 9.17) is 0 Å². The molecule has 0 radical (unpaired) electrons. The van der Waals surface area contributed by atoms with Crippen molar-refractivity contribution in [3.63, 3.8) is 0 Å². The molecular formula is C22H14O6. The third-order valence-electron chi connectivity index (χ3n) is 4.75. The van der Waals surface area contributed by atoms with Gasteiger partial charge < -0.3 is 20.4 Å². The minimum absolute atomic E-state index is 0.0762. The molecule has 0 atom stereocenters. The molecule has 0 aliphatic rings. The summed E-state index contributed by atoms with van der Waals surface area (Å²) >= 11 is 0. The first kappa shape index (κ1) is 17.4. The van der Waals surface area contributed by atoms with Gasteiger partial charge >= 0.3 is 11.9 Å². The maximum atomic E-state index is 11.7. The van der Waals surface area contributed by atoms with Gasteiger partial charge in [-0.05, 0) is 33.7 Å². The first-order valence-electron chi connectivity index (χ1n) is 8.36. The molecule has 0 saturated heterocycles. The van der Waals surface area contributed by atoms with E-state index in [1.165, 1.54) is 12.1 Å². The van der Waals surface area contributed by atoms with E-state index in [0.29, 0.717) is 21.5 Å². The lowest BCUT2D eigenvalue weighted by molar-refractivity contribution is 0.0682. The van der Waals surface area contributed by atoms with E-state index in [1.54, 1.807) is 48.5 Å². The van der Waals surface area contributed by atoms with Gasteiger partial charge in [0, 0.05) is 11.1 Å². The van der Waals surface area contributed by atoms with Crippen LogP contribution in [0.25, 0.3) is 32.7 Å². The molecule has 6 nitrogen and oxygen atoms in total. The van der Waals surface area contributed by atoms with E-state index < -0.39 is 23.4 Å². The van der Waals surface area contributed by atoms with Crippen LogP contribution in [0.3, 0.4) is 0 Å². The van der Waals surface area contributed by atoms with Crippen molar-refractivity contribution in [2.24, 2.45) is 0 Å².